The monoisotopic (exact) mass is 493 g/mol. The predicted molar refractivity (Wildman–Crippen MR) is 125 cm³/mol. The SMILES string of the molecule is COCCOc1ccc(Br)cc1C(=O)NC(=S)Nc1cccc(NC(=O)C(C)C)c1. The van der Waals surface area contributed by atoms with E-state index in [1.54, 1.807) is 49.6 Å². The van der Waals surface area contributed by atoms with Gasteiger partial charge in [-0.25, -0.2) is 0 Å². The molecular weight excluding hydrogens is 470 g/mol. The van der Waals surface area contributed by atoms with Crippen molar-refractivity contribution >= 4 is 56.4 Å². The van der Waals surface area contributed by atoms with E-state index in [4.69, 9.17) is 21.7 Å². The maximum atomic E-state index is 12.7. The molecule has 0 spiro atoms. The standard InChI is InChI=1S/C21H24BrN3O4S/c1-13(2)19(26)23-15-5-4-6-16(12-15)24-21(30)25-20(27)17-11-14(22)7-8-18(17)29-10-9-28-3/h4-8,11-13H,9-10H2,1-3H3,(H,23,26)(H2,24,25,27,30). The summed E-state index contributed by atoms with van der Waals surface area (Å²) >= 11 is 8.63. The van der Waals surface area contributed by atoms with Crippen LogP contribution in [0, 0.1) is 5.92 Å². The third-order valence-corrected chi connectivity index (χ3v) is 4.57. The fourth-order valence-corrected chi connectivity index (χ4v) is 2.91. The smallest absolute Gasteiger partial charge is 0.261 e. The molecule has 2 aromatic carbocycles. The summed E-state index contributed by atoms with van der Waals surface area (Å²) in [6.07, 6.45) is 0. The summed E-state index contributed by atoms with van der Waals surface area (Å²) < 4.78 is 11.3. The van der Waals surface area contributed by atoms with Crippen LogP contribution in [0.1, 0.15) is 24.2 Å². The van der Waals surface area contributed by atoms with Crippen LogP contribution in [0.2, 0.25) is 0 Å². The van der Waals surface area contributed by atoms with Crippen LogP contribution >= 0.6 is 28.1 Å². The fourth-order valence-electron chi connectivity index (χ4n) is 2.33. The van der Waals surface area contributed by atoms with E-state index in [1.165, 1.54) is 0 Å². The number of hydrogen-bond acceptors (Lipinski definition) is 5. The molecular formula is C21H24BrN3O4S. The van der Waals surface area contributed by atoms with Crippen LogP contribution in [0.4, 0.5) is 11.4 Å². The molecule has 0 bridgehead atoms. The summed E-state index contributed by atoms with van der Waals surface area (Å²) in [5, 5.41) is 8.53. The summed E-state index contributed by atoms with van der Waals surface area (Å²) in [5.41, 5.74) is 1.60. The maximum Gasteiger partial charge on any atom is 0.261 e. The lowest BCUT2D eigenvalue weighted by Gasteiger charge is -2.14. The second kappa shape index (κ2) is 11.6. The molecule has 0 saturated carbocycles. The molecule has 2 amide bonds. The van der Waals surface area contributed by atoms with Crippen LogP contribution in [0.25, 0.3) is 0 Å². The minimum absolute atomic E-state index is 0.0845. The van der Waals surface area contributed by atoms with Crippen molar-refractivity contribution in [2.45, 2.75) is 13.8 Å². The average molecular weight is 494 g/mol. The third-order valence-electron chi connectivity index (χ3n) is 3.87. The highest BCUT2D eigenvalue weighted by atomic mass is 79.9. The number of rotatable bonds is 8. The lowest BCUT2D eigenvalue weighted by atomic mass is 10.2. The van der Waals surface area contributed by atoms with Gasteiger partial charge in [-0.15, -0.1) is 0 Å². The lowest BCUT2D eigenvalue weighted by molar-refractivity contribution is -0.118. The Bertz CT molecular complexity index is 921. The van der Waals surface area contributed by atoms with Crippen molar-refractivity contribution in [1.29, 1.82) is 0 Å². The van der Waals surface area contributed by atoms with E-state index >= 15 is 0 Å². The molecule has 9 heteroatoms. The Morgan fingerprint density at radius 2 is 1.77 bits per heavy atom. The van der Waals surface area contributed by atoms with Gasteiger partial charge in [-0.1, -0.05) is 35.8 Å². The van der Waals surface area contributed by atoms with Gasteiger partial charge in [0, 0.05) is 28.9 Å². The number of methoxy groups -OCH3 is 1. The van der Waals surface area contributed by atoms with Gasteiger partial charge in [-0.05, 0) is 48.6 Å². The Hall–Kier alpha value is -2.49. The normalized spacial score (nSPS) is 10.4. The van der Waals surface area contributed by atoms with E-state index < -0.39 is 5.91 Å². The summed E-state index contributed by atoms with van der Waals surface area (Å²) in [6, 6.07) is 12.2. The number of thiocarbonyl (C=S) groups is 1. The Kier molecular flexibility index (Phi) is 9.22. The van der Waals surface area contributed by atoms with Crippen LogP contribution in [0.15, 0.2) is 46.9 Å². The van der Waals surface area contributed by atoms with Gasteiger partial charge in [0.25, 0.3) is 5.91 Å². The number of anilines is 2. The van der Waals surface area contributed by atoms with Gasteiger partial charge >= 0.3 is 0 Å². The van der Waals surface area contributed by atoms with Crippen LogP contribution in [-0.2, 0) is 9.53 Å². The molecule has 0 radical (unpaired) electrons. The minimum atomic E-state index is -0.412. The zero-order valence-corrected chi connectivity index (χ0v) is 19.4. The van der Waals surface area contributed by atoms with E-state index in [0.29, 0.717) is 35.9 Å². The van der Waals surface area contributed by atoms with Crippen molar-refractivity contribution in [3.63, 3.8) is 0 Å². The van der Waals surface area contributed by atoms with E-state index in [9.17, 15) is 9.59 Å². The molecule has 0 aliphatic carbocycles. The van der Waals surface area contributed by atoms with Gasteiger partial charge in [0.1, 0.15) is 12.4 Å². The van der Waals surface area contributed by atoms with Gasteiger partial charge in [-0.2, -0.15) is 0 Å². The number of carbonyl (C=O) groups excluding carboxylic acids is 2. The Morgan fingerprint density at radius 1 is 1.07 bits per heavy atom. The van der Waals surface area contributed by atoms with Gasteiger partial charge in [0.2, 0.25) is 5.91 Å². The number of benzene rings is 2. The van der Waals surface area contributed by atoms with Gasteiger partial charge < -0.3 is 20.1 Å². The predicted octanol–water partition coefficient (Wildman–Crippen LogP) is 4.20. The molecule has 0 heterocycles. The van der Waals surface area contributed by atoms with Gasteiger partial charge in [-0.3, -0.25) is 14.9 Å². The van der Waals surface area contributed by atoms with Crippen LogP contribution < -0.4 is 20.7 Å². The summed E-state index contributed by atoms with van der Waals surface area (Å²) in [6.45, 7) is 4.35. The van der Waals surface area contributed by atoms with Gasteiger partial charge in [0.05, 0.1) is 12.2 Å². The van der Waals surface area contributed by atoms with Crippen molar-refractivity contribution < 1.29 is 19.1 Å². The van der Waals surface area contributed by atoms with Crippen LogP contribution in [0.3, 0.4) is 0 Å². The quantitative estimate of drug-likeness (QED) is 0.377. The second-order valence-electron chi connectivity index (χ2n) is 6.61. The topological polar surface area (TPSA) is 88.7 Å². The van der Waals surface area contributed by atoms with Crippen molar-refractivity contribution in [2.75, 3.05) is 31.0 Å². The fraction of sp³-hybridized carbons (Fsp3) is 0.286. The second-order valence-corrected chi connectivity index (χ2v) is 7.94. The van der Waals surface area contributed by atoms with Crippen molar-refractivity contribution in [3.05, 3.63) is 52.5 Å². The molecule has 2 aromatic rings. The number of ether oxygens (including phenoxy) is 2. The number of hydrogen-bond donors (Lipinski definition) is 3. The molecule has 0 aliphatic heterocycles. The van der Waals surface area contributed by atoms with Gasteiger partial charge in [0.15, 0.2) is 5.11 Å². The third kappa shape index (κ3) is 7.40. The van der Waals surface area contributed by atoms with Crippen molar-refractivity contribution in [2.24, 2.45) is 5.92 Å². The number of halogens is 1. The minimum Gasteiger partial charge on any atom is -0.490 e. The summed E-state index contributed by atoms with van der Waals surface area (Å²) in [5.74, 6) is -0.203. The Labute approximate surface area is 189 Å². The molecule has 0 fully saturated rings. The summed E-state index contributed by atoms with van der Waals surface area (Å²) in [4.78, 5) is 24.6. The van der Waals surface area contributed by atoms with Crippen LogP contribution in [0.5, 0.6) is 5.75 Å². The zero-order valence-electron chi connectivity index (χ0n) is 17.0. The Balaban J connectivity index is 2.04. The first-order chi connectivity index (χ1) is 14.3. The molecule has 0 atom stereocenters. The largest absolute Gasteiger partial charge is 0.490 e. The lowest BCUT2D eigenvalue weighted by Crippen LogP contribution is -2.34. The molecule has 0 aromatic heterocycles. The molecule has 30 heavy (non-hydrogen) atoms. The molecule has 0 unspecified atom stereocenters. The molecule has 7 nitrogen and oxygen atoms in total. The first kappa shape index (κ1) is 23.8. The number of nitrogens with one attached hydrogen (secondary N) is 3. The highest BCUT2D eigenvalue weighted by Gasteiger charge is 2.15. The average Bonchev–Trinajstić information content (AvgIpc) is 2.69. The molecule has 3 N–H and O–H groups in total. The van der Waals surface area contributed by atoms with Crippen LogP contribution in [-0.4, -0.2) is 37.3 Å². The number of carbonyl (C=O) groups is 2. The molecule has 0 saturated heterocycles. The first-order valence-electron chi connectivity index (χ1n) is 9.24. The Morgan fingerprint density at radius 3 is 2.43 bits per heavy atom. The number of amides is 2. The molecule has 0 aliphatic rings. The van der Waals surface area contributed by atoms with Crippen molar-refractivity contribution in [1.82, 2.24) is 5.32 Å². The van der Waals surface area contributed by atoms with E-state index in [1.807, 2.05) is 13.8 Å². The van der Waals surface area contributed by atoms with Crippen molar-refractivity contribution in [3.8, 4) is 5.75 Å². The highest BCUT2D eigenvalue weighted by molar-refractivity contribution is 9.10. The van der Waals surface area contributed by atoms with E-state index in [-0.39, 0.29) is 16.9 Å². The first-order valence-corrected chi connectivity index (χ1v) is 10.4. The maximum absolute atomic E-state index is 12.7. The zero-order chi connectivity index (χ0) is 22.1. The molecule has 160 valence electrons. The highest BCUT2D eigenvalue weighted by Crippen LogP contribution is 2.23. The molecule has 2 rings (SSSR count). The summed E-state index contributed by atoms with van der Waals surface area (Å²) in [7, 11) is 1.58. The van der Waals surface area contributed by atoms with E-state index in [2.05, 4.69) is 31.9 Å². The van der Waals surface area contributed by atoms with E-state index in [0.717, 1.165) is 4.47 Å².